The summed E-state index contributed by atoms with van der Waals surface area (Å²) in [5.74, 6) is -5.19. The first-order valence-electron chi connectivity index (χ1n) is 11.8. The molecule has 2 amide bonds. The van der Waals surface area contributed by atoms with E-state index in [4.69, 9.17) is 9.84 Å². The smallest absolute Gasteiger partial charge is 0.407 e. The third-order valence-corrected chi connectivity index (χ3v) is 6.56. The van der Waals surface area contributed by atoms with Gasteiger partial charge in [0.05, 0.1) is 6.54 Å². The highest BCUT2D eigenvalue weighted by molar-refractivity contribution is 5.84. The predicted octanol–water partition coefficient (Wildman–Crippen LogP) is 4.41. The van der Waals surface area contributed by atoms with E-state index < -0.39 is 42.9 Å². The number of halogens is 2. The summed E-state index contributed by atoms with van der Waals surface area (Å²) in [6.07, 6.45) is 0.196. The zero-order valence-corrected chi connectivity index (χ0v) is 19.2. The molecule has 186 valence electrons. The predicted molar refractivity (Wildman–Crippen MR) is 124 cm³/mol. The maximum absolute atomic E-state index is 13.5. The Hall–Kier alpha value is -3.49. The number of nitrogens with one attached hydrogen (secondary N) is 1. The van der Waals surface area contributed by atoms with Gasteiger partial charge in [0.25, 0.3) is 5.92 Å². The summed E-state index contributed by atoms with van der Waals surface area (Å²) < 4.78 is 32.5. The maximum atomic E-state index is 13.5. The number of rotatable bonds is 9. The van der Waals surface area contributed by atoms with Crippen LogP contribution in [0.15, 0.2) is 48.5 Å². The Bertz CT molecular complexity index is 1060. The lowest BCUT2D eigenvalue weighted by Crippen LogP contribution is -2.40. The van der Waals surface area contributed by atoms with Crippen molar-refractivity contribution in [3.63, 3.8) is 0 Å². The van der Waals surface area contributed by atoms with E-state index in [0.717, 1.165) is 27.2 Å². The van der Waals surface area contributed by atoms with Crippen LogP contribution in [-0.4, -0.2) is 59.6 Å². The van der Waals surface area contributed by atoms with E-state index in [1.807, 2.05) is 36.4 Å². The van der Waals surface area contributed by atoms with Crippen molar-refractivity contribution in [1.29, 1.82) is 0 Å². The summed E-state index contributed by atoms with van der Waals surface area (Å²) in [6, 6.07) is 14.7. The minimum Gasteiger partial charge on any atom is -0.480 e. The topological polar surface area (TPSA) is 95.9 Å². The number of nitrogens with zero attached hydrogens (tertiary/aromatic N) is 1. The number of carbonyl (C=O) groups is 3. The van der Waals surface area contributed by atoms with Gasteiger partial charge in [-0.15, -0.1) is 0 Å². The summed E-state index contributed by atoms with van der Waals surface area (Å²) in [7, 11) is 0. The molecule has 1 aliphatic carbocycles. The monoisotopic (exact) mass is 486 g/mol. The van der Waals surface area contributed by atoms with E-state index in [1.165, 1.54) is 0 Å². The van der Waals surface area contributed by atoms with E-state index >= 15 is 0 Å². The van der Waals surface area contributed by atoms with Crippen molar-refractivity contribution in [2.24, 2.45) is 0 Å². The summed E-state index contributed by atoms with van der Waals surface area (Å²) >= 11 is 0. The number of hydrogen-bond donors (Lipinski definition) is 2. The van der Waals surface area contributed by atoms with Gasteiger partial charge in [-0.2, -0.15) is 0 Å². The SMILES string of the molecule is O=C(NCCCCCC(=O)N1CC(F)(F)C[C@@H]1C(=O)O)OCC1c2ccccc2-c2ccccc21. The van der Waals surface area contributed by atoms with E-state index in [1.54, 1.807) is 0 Å². The van der Waals surface area contributed by atoms with Gasteiger partial charge < -0.3 is 20.1 Å². The molecule has 35 heavy (non-hydrogen) atoms. The number of unbranched alkanes of at least 4 members (excludes halogenated alkanes) is 2. The number of alkyl carbamates (subject to hydrolysis) is 1. The molecule has 1 atom stereocenters. The van der Waals surface area contributed by atoms with Crippen molar-refractivity contribution in [1.82, 2.24) is 10.2 Å². The third kappa shape index (κ3) is 5.61. The van der Waals surface area contributed by atoms with Gasteiger partial charge in [-0.3, -0.25) is 4.79 Å². The first kappa shape index (κ1) is 24.6. The summed E-state index contributed by atoms with van der Waals surface area (Å²) in [4.78, 5) is 36.3. The van der Waals surface area contributed by atoms with E-state index in [2.05, 4.69) is 17.4 Å². The highest BCUT2D eigenvalue weighted by Crippen LogP contribution is 2.44. The number of hydrogen-bond acceptors (Lipinski definition) is 4. The minimum atomic E-state index is -3.17. The number of likely N-dealkylation sites (tertiary alicyclic amines) is 1. The number of carboxylic acid groups (broad SMARTS) is 1. The van der Waals surface area contributed by atoms with Crippen molar-refractivity contribution < 1.29 is 33.0 Å². The molecule has 2 aromatic rings. The minimum absolute atomic E-state index is 0.00912. The molecule has 1 saturated heterocycles. The van der Waals surface area contributed by atoms with Crippen LogP contribution in [0.2, 0.25) is 0 Å². The van der Waals surface area contributed by atoms with Crippen LogP contribution in [0.25, 0.3) is 11.1 Å². The van der Waals surface area contributed by atoms with Crippen molar-refractivity contribution >= 4 is 18.0 Å². The normalized spacial score (nSPS) is 18.1. The molecule has 0 aromatic heterocycles. The van der Waals surface area contributed by atoms with Crippen LogP contribution < -0.4 is 5.32 Å². The fraction of sp³-hybridized carbons (Fsp3) is 0.423. The number of benzene rings is 2. The molecule has 7 nitrogen and oxygen atoms in total. The number of fused-ring (bicyclic) bond motifs is 3. The number of aliphatic carboxylic acids is 1. The second kappa shape index (κ2) is 10.4. The molecule has 2 aliphatic rings. The molecule has 0 unspecified atom stereocenters. The van der Waals surface area contributed by atoms with E-state index in [9.17, 15) is 23.2 Å². The van der Waals surface area contributed by atoms with Crippen LogP contribution in [0.5, 0.6) is 0 Å². The summed E-state index contributed by atoms with van der Waals surface area (Å²) in [5.41, 5.74) is 4.57. The van der Waals surface area contributed by atoms with Crippen LogP contribution in [0.3, 0.4) is 0 Å². The number of alkyl halides is 2. The summed E-state index contributed by atoms with van der Waals surface area (Å²) in [6.45, 7) is -0.282. The molecule has 0 saturated carbocycles. The van der Waals surface area contributed by atoms with Crippen LogP contribution >= 0.6 is 0 Å². The van der Waals surface area contributed by atoms with Crippen LogP contribution in [0.4, 0.5) is 13.6 Å². The van der Waals surface area contributed by atoms with Gasteiger partial charge >= 0.3 is 12.1 Å². The quantitative estimate of drug-likeness (QED) is 0.512. The Morgan fingerprint density at radius 1 is 1.00 bits per heavy atom. The van der Waals surface area contributed by atoms with Gasteiger partial charge in [-0.05, 0) is 35.1 Å². The molecule has 0 radical (unpaired) electrons. The molecular weight excluding hydrogens is 458 g/mol. The van der Waals surface area contributed by atoms with Gasteiger partial charge in [0.2, 0.25) is 5.91 Å². The standard InChI is InChI=1S/C26H28F2N2O5/c27-26(28)14-22(24(32)33)30(16-26)23(31)12-2-1-7-13-29-25(34)35-15-21-19-10-5-3-8-17(19)18-9-4-6-11-20(18)21/h3-6,8-11,21-22H,1-2,7,12-16H2,(H,29,34)(H,32,33)/t22-/m1/s1. The highest BCUT2D eigenvalue weighted by atomic mass is 19.3. The van der Waals surface area contributed by atoms with E-state index in [0.29, 0.717) is 25.8 Å². The lowest BCUT2D eigenvalue weighted by molar-refractivity contribution is -0.148. The number of ether oxygens (including phenoxy) is 1. The van der Waals surface area contributed by atoms with Crippen LogP contribution in [-0.2, 0) is 14.3 Å². The first-order valence-corrected chi connectivity index (χ1v) is 11.8. The molecule has 1 aliphatic heterocycles. The molecule has 1 fully saturated rings. The van der Waals surface area contributed by atoms with Crippen LogP contribution in [0, 0.1) is 0 Å². The average molecular weight is 487 g/mol. The zero-order chi connectivity index (χ0) is 25.0. The molecule has 0 spiro atoms. The Labute approximate surface area is 202 Å². The highest BCUT2D eigenvalue weighted by Gasteiger charge is 2.49. The van der Waals surface area contributed by atoms with Crippen molar-refractivity contribution in [3.05, 3.63) is 59.7 Å². The molecule has 4 rings (SSSR count). The second-order valence-corrected chi connectivity index (χ2v) is 9.00. The maximum Gasteiger partial charge on any atom is 0.407 e. The fourth-order valence-electron chi connectivity index (χ4n) is 4.86. The van der Waals surface area contributed by atoms with Gasteiger partial charge in [-0.1, -0.05) is 55.0 Å². The third-order valence-electron chi connectivity index (χ3n) is 6.56. The zero-order valence-electron chi connectivity index (χ0n) is 19.2. The van der Waals surface area contributed by atoms with Crippen molar-refractivity contribution in [2.45, 2.75) is 50.0 Å². The molecule has 2 N–H and O–H groups in total. The Kier molecular flexibility index (Phi) is 7.33. The van der Waals surface area contributed by atoms with E-state index in [-0.39, 0.29) is 18.9 Å². The van der Waals surface area contributed by atoms with Crippen LogP contribution in [0.1, 0.15) is 49.1 Å². The molecule has 1 heterocycles. The fourth-order valence-corrected chi connectivity index (χ4v) is 4.86. The molecule has 9 heteroatoms. The van der Waals surface area contributed by atoms with Gasteiger partial charge in [0.15, 0.2) is 0 Å². The number of amides is 2. The van der Waals surface area contributed by atoms with Crippen molar-refractivity contribution in [3.8, 4) is 11.1 Å². The number of carbonyl (C=O) groups excluding carboxylic acids is 2. The van der Waals surface area contributed by atoms with Gasteiger partial charge in [-0.25, -0.2) is 18.4 Å². The Morgan fingerprint density at radius 3 is 2.26 bits per heavy atom. The second-order valence-electron chi connectivity index (χ2n) is 9.00. The number of carboxylic acids is 1. The molecule has 2 aromatic carbocycles. The molecule has 0 bridgehead atoms. The summed E-state index contributed by atoms with van der Waals surface area (Å²) in [5, 5.41) is 11.8. The Morgan fingerprint density at radius 2 is 1.63 bits per heavy atom. The van der Waals surface area contributed by atoms with Crippen molar-refractivity contribution in [2.75, 3.05) is 19.7 Å². The molecular formula is C26H28F2N2O5. The average Bonchev–Trinajstić information content (AvgIpc) is 3.34. The largest absolute Gasteiger partial charge is 0.480 e. The Balaban J connectivity index is 1.16. The lowest BCUT2D eigenvalue weighted by atomic mass is 9.98. The first-order chi connectivity index (χ1) is 16.8. The lowest BCUT2D eigenvalue weighted by Gasteiger charge is -2.20. The van der Waals surface area contributed by atoms with Gasteiger partial charge in [0.1, 0.15) is 12.6 Å². The van der Waals surface area contributed by atoms with Gasteiger partial charge in [0, 0.05) is 25.3 Å².